The Morgan fingerprint density at radius 1 is 1.45 bits per heavy atom. The number of carbonyl (C=O) groups excluding carboxylic acids is 1. The van der Waals surface area contributed by atoms with Gasteiger partial charge in [-0.25, -0.2) is 4.79 Å². The average molecular weight is 340 g/mol. The lowest BCUT2D eigenvalue weighted by Gasteiger charge is -2.38. The molecule has 1 aromatic carbocycles. The van der Waals surface area contributed by atoms with Crippen LogP contribution in [0.1, 0.15) is 18.4 Å². The van der Waals surface area contributed by atoms with Crippen molar-refractivity contribution in [3.05, 3.63) is 48.6 Å². The molecule has 4 heteroatoms. The predicted molar refractivity (Wildman–Crippen MR) is 75.4 cm³/mol. The fourth-order valence-corrected chi connectivity index (χ4v) is 3.18. The first kappa shape index (κ1) is 16.9. The number of nitrogens with zero attached hydrogens (tertiary/aromatic N) is 1. The molecule has 1 aromatic rings. The van der Waals surface area contributed by atoms with Gasteiger partial charge in [0.1, 0.15) is 6.54 Å². The molecule has 20 heavy (non-hydrogen) atoms. The summed E-state index contributed by atoms with van der Waals surface area (Å²) in [6.45, 7) is 6.56. The zero-order valence-electron chi connectivity index (χ0n) is 11.9. The molecule has 1 aliphatic rings. The normalized spacial score (nSPS) is 24.8. The van der Waals surface area contributed by atoms with Crippen molar-refractivity contribution in [1.29, 1.82) is 0 Å². The van der Waals surface area contributed by atoms with Crippen LogP contribution in [0.2, 0.25) is 0 Å². The molecule has 0 N–H and O–H groups in total. The largest absolute Gasteiger partial charge is 1.00 e. The summed E-state index contributed by atoms with van der Waals surface area (Å²) >= 11 is 0. The number of carbonyl (C=O) groups is 1. The molecule has 1 heterocycles. The number of rotatable bonds is 5. The molecule has 2 atom stereocenters. The molecule has 1 saturated heterocycles. The maximum atomic E-state index is 12.0. The third kappa shape index (κ3) is 3.49. The second-order valence-electron chi connectivity index (χ2n) is 5.24. The first-order chi connectivity index (χ1) is 9.22. The van der Waals surface area contributed by atoms with Gasteiger partial charge in [-0.2, -0.15) is 0 Å². The van der Waals surface area contributed by atoms with E-state index in [1.807, 2.05) is 24.3 Å². The van der Waals surface area contributed by atoms with Crippen LogP contribution in [0.15, 0.2) is 43.0 Å². The molecular formula is C16H22BrNO2. The van der Waals surface area contributed by atoms with Gasteiger partial charge >= 0.3 is 5.97 Å². The molecule has 2 rings (SSSR count). The van der Waals surface area contributed by atoms with E-state index in [1.54, 1.807) is 0 Å². The van der Waals surface area contributed by atoms with Gasteiger partial charge in [0, 0.05) is 18.4 Å². The van der Waals surface area contributed by atoms with E-state index in [0.717, 1.165) is 37.0 Å². The van der Waals surface area contributed by atoms with E-state index < -0.39 is 0 Å². The van der Waals surface area contributed by atoms with Crippen molar-refractivity contribution < 1.29 is 31.0 Å². The SMILES string of the molecule is C=CC[N@@+]1(Cc2ccccc2)CCC[C@H]1C(=O)OC.[Br-]. The Labute approximate surface area is 131 Å². The molecule has 0 amide bonds. The fraction of sp³-hybridized carbons (Fsp3) is 0.438. The summed E-state index contributed by atoms with van der Waals surface area (Å²) in [7, 11) is 1.48. The van der Waals surface area contributed by atoms with Gasteiger partial charge in [0.15, 0.2) is 6.04 Å². The third-order valence-electron chi connectivity index (χ3n) is 4.05. The summed E-state index contributed by atoms with van der Waals surface area (Å²) in [5.41, 5.74) is 1.26. The lowest BCUT2D eigenvalue weighted by Crippen LogP contribution is -3.00. The number of ether oxygens (including phenoxy) is 1. The van der Waals surface area contributed by atoms with Gasteiger partial charge in [-0.05, 0) is 6.08 Å². The van der Waals surface area contributed by atoms with Crippen LogP contribution in [0.4, 0.5) is 0 Å². The van der Waals surface area contributed by atoms with Crippen LogP contribution in [0.25, 0.3) is 0 Å². The van der Waals surface area contributed by atoms with Crippen LogP contribution in [-0.4, -0.2) is 36.7 Å². The van der Waals surface area contributed by atoms with E-state index >= 15 is 0 Å². The van der Waals surface area contributed by atoms with Gasteiger partial charge < -0.3 is 26.2 Å². The maximum absolute atomic E-state index is 12.0. The van der Waals surface area contributed by atoms with E-state index in [2.05, 4.69) is 18.7 Å². The Morgan fingerprint density at radius 2 is 2.15 bits per heavy atom. The van der Waals surface area contributed by atoms with Gasteiger partial charge in [0.2, 0.25) is 0 Å². The van der Waals surface area contributed by atoms with Crippen molar-refractivity contribution in [2.75, 3.05) is 20.2 Å². The van der Waals surface area contributed by atoms with Crippen LogP contribution in [0, 0.1) is 0 Å². The minimum Gasteiger partial charge on any atom is -1.00 e. The lowest BCUT2D eigenvalue weighted by atomic mass is 10.1. The van der Waals surface area contributed by atoms with E-state index in [-0.39, 0.29) is 29.0 Å². The summed E-state index contributed by atoms with van der Waals surface area (Å²) < 4.78 is 5.73. The van der Waals surface area contributed by atoms with Crippen LogP contribution >= 0.6 is 0 Å². The van der Waals surface area contributed by atoms with Crippen molar-refractivity contribution in [1.82, 2.24) is 0 Å². The van der Waals surface area contributed by atoms with E-state index in [1.165, 1.54) is 12.7 Å². The number of benzene rings is 1. The van der Waals surface area contributed by atoms with Gasteiger partial charge in [0.25, 0.3) is 0 Å². The van der Waals surface area contributed by atoms with Gasteiger partial charge in [-0.15, -0.1) is 0 Å². The Hall–Kier alpha value is -1.13. The quantitative estimate of drug-likeness (QED) is 0.412. The fourth-order valence-electron chi connectivity index (χ4n) is 3.18. The molecule has 0 radical (unpaired) electrons. The molecule has 1 aliphatic heterocycles. The van der Waals surface area contributed by atoms with E-state index in [4.69, 9.17) is 4.74 Å². The topological polar surface area (TPSA) is 26.3 Å². The maximum Gasteiger partial charge on any atom is 0.364 e. The smallest absolute Gasteiger partial charge is 0.364 e. The van der Waals surface area contributed by atoms with Gasteiger partial charge in [-0.1, -0.05) is 36.9 Å². The molecule has 1 fully saturated rings. The first-order valence-corrected chi connectivity index (χ1v) is 6.80. The Morgan fingerprint density at radius 3 is 2.75 bits per heavy atom. The molecule has 0 aliphatic carbocycles. The molecule has 110 valence electrons. The zero-order chi connectivity index (χ0) is 13.7. The minimum atomic E-state index is -0.0877. The zero-order valence-corrected chi connectivity index (χ0v) is 13.5. The number of methoxy groups -OCH3 is 1. The molecule has 0 bridgehead atoms. The highest BCUT2D eigenvalue weighted by Gasteiger charge is 2.46. The highest BCUT2D eigenvalue weighted by atomic mass is 79.9. The highest BCUT2D eigenvalue weighted by Crippen LogP contribution is 2.30. The Kier molecular flexibility index (Phi) is 6.43. The minimum absolute atomic E-state index is 0. The van der Waals surface area contributed by atoms with Crippen molar-refractivity contribution in [3.63, 3.8) is 0 Å². The summed E-state index contributed by atoms with van der Waals surface area (Å²) in [4.78, 5) is 12.0. The summed E-state index contributed by atoms with van der Waals surface area (Å²) in [6.07, 6.45) is 3.90. The highest BCUT2D eigenvalue weighted by molar-refractivity contribution is 5.74. The van der Waals surface area contributed by atoms with Gasteiger partial charge in [-0.3, -0.25) is 0 Å². The van der Waals surface area contributed by atoms with E-state index in [0.29, 0.717) is 0 Å². The number of halogens is 1. The molecule has 0 spiro atoms. The number of hydrogen-bond acceptors (Lipinski definition) is 2. The lowest BCUT2D eigenvalue weighted by molar-refractivity contribution is -0.939. The Bertz CT molecular complexity index is 449. The summed E-state index contributed by atoms with van der Waals surface area (Å²) in [6, 6.07) is 10.3. The number of hydrogen-bond donors (Lipinski definition) is 0. The van der Waals surface area contributed by atoms with Gasteiger partial charge in [0.05, 0.1) is 20.2 Å². The van der Waals surface area contributed by atoms with Crippen molar-refractivity contribution in [2.45, 2.75) is 25.4 Å². The average Bonchev–Trinajstić information content (AvgIpc) is 2.83. The van der Waals surface area contributed by atoms with Crippen molar-refractivity contribution in [2.24, 2.45) is 0 Å². The predicted octanol–water partition coefficient (Wildman–Crippen LogP) is -0.471. The van der Waals surface area contributed by atoms with Crippen LogP contribution in [-0.2, 0) is 16.1 Å². The van der Waals surface area contributed by atoms with Crippen LogP contribution < -0.4 is 17.0 Å². The van der Waals surface area contributed by atoms with Crippen molar-refractivity contribution in [3.8, 4) is 0 Å². The summed E-state index contributed by atoms with van der Waals surface area (Å²) in [5.74, 6) is -0.0877. The van der Waals surface area contributed by atoms with E-state index in [9.17, 15) is 4.79 Å². The molecule has 0 unspecified atom stereocenters. The third-order valence-corrected chi connectivity index (χ3v) is 4.05. The molecular weight excluding hydrogens is 318 g/mol. The van der Waals surface area contributed by atoms with Crippen LogP contribution in [0.5, 0.6) is 0 Å². The number of esters is 1. The molecule has 3 nitrogen and oxygen atoms in total. The van der Waals surface area contributed by atoms with Crippen molar-refractivity contribution >= 4 is 5.97 Å². The summed E-state index contributed by atoms with van der Waals surface area (Å²) in [5, 5.41) is 0. The second kappa shape index (κ2) is 7.60. The molecule has 0 aromatic heterocycles. The monoisotopic (exact) mass is 339 g/mol. The molecule has 0 saturated carbocycles. The standard InChI is InChI=1S/C16H22NO2.BrH/c1-3-11-17(13-14-8-5-4-6-9-14)12-7-10-15(17)16(18)19-2;/h3-6,8-9,15H,1,7,10-13H2,2H3;1H/q+1;/p-1/t15-,17-;/m0./s1. The number of quaternary nitrogens is 1. The number of likely N-dealkylation sites (tertiary alicyclic amines) is 1. The van der Waals surface area contributed by atoms with Crippen LogP contribution in [0.3, 0.4) is 0 Å². The first-order valence-electron chi connectivity index (χ1n) is 6.80. The Balaban J connectivity index is 0.00000200. The second-order valence-corrected chi connectivity index (χ2v) is 5.24.